The number of piperidine rings is 1. The fourth-order valence-electron chi connectivity index (χ4n) is 4.51. The van der Waals surface area contributed by atoms with Crippen molar-refractivity contribution in [2.24, 2.45) is 5.92 Å². The second-order valence-corrected chi connectivity index (χ2v) is 8.59. The first-order chi connectivity index (χ1) is 14.4. The molecule has 1 saturated heterocycles. The summed E-state index contributed by atoms with van der Waals surface area (Å²) in [5, 5.41) is 17.5. The molecule has 8 nitrogen and oxygen atoms in total. The molecular weight excluding hydrogens is 384 g/mol. The first kappa shape index (κ1) is 22.1. The number of anilines is 1. The normalized spacial score (nSPS) is 19.2. The molecule has 1 saturated carbocycles. The Morgan fingerprint density at radius 2 is 1.87 bits per heavy atom. The smallest absolute Gasteiger partial charge is 0.293 e. The van der Waals surface area contributed by atoms with Gasteiger partial charge in [0.05, 0.1) is 4.92 Å². The van der Waals surface area contributed by atoms with E-state index in [-0.39, 0.29) is 17.2 Å². The van der Waals surface area contributed by atoms with Crippen molar-refractivity contribution in [1.82, 2.24) is 10.6 Å². The van der Waals surface area contributed by atoms with E-state index in [1.165, 1.54) is 6.07 Å². The first-order valence-corrected chi connectivity index (χ1v) is 11.0. The van der Waals surface area contributed by atoms with E-state index in [0.29, 0.717) is 31.0 Å². The number of hydrogen-bond donors (Lipinski definition) is 2. The summed E-state index contributed by atoms with van der Waals surface area (Å²) < 4.78 is 0. The average Bonchev–Trinajstić information content (AvgIpc) is 2.74. The molecule has 1 aromatic carbocycles. The molecule has 1 heterocycles. The van der Waals surface area contributed by atoms with Crippen LogP contribution in [-0.2, 0) is 4.79 Å². The Labute approximate surface area is 177 Å². The van der Waals surface area contributed by atoms with Gasteiger partial charge in [-0.05, 0) is 50.7 Å². The van der Waals surface area contributed by atoms with Gasteiger partial charge in [-0.1, -0.05) is 26.2 Å². The summed E-state index contributed by atoms with van der Waals surface area (Å²) in [5.74, 6) is 0.00276. The molecule has 2 amide bonds. The van der Waals surface area contributed by atoms with Crippen LogP contribution >= 0.6 is 0 Å². The number of nitro benzene ring substituents is 1. The molecule has 8 heteroatoms. The van der Waals surface area contributed by atoms with E-state index in [9.17, 15) is 19.7 Å². The van der Waals surface area contributed by atoms with Crippen molar-refractivity contribution >= 4 is 23.2 Å². The van der Waals surface area contributed by atoms with Crippen molar-refractivity contribution in [3.63, 3.8) is 0 Å². The SMILES string of the molecule is CCNC(=O)C1(NC(=O)c2ccc(N3CCC(C)CC3)c([N+](=O)[O-])c2)CCCCC1. The van der Waals surface area contributed by atoms with E-state index in [0.717, 1.165) is 45.2 Å². The van der Waals surface area contributed by atoms with Gasteiger partial charge in [0, 0.05) is 31.3 Å². The van der Waals surface area contributed by atoms with Crippen molar-refractivity contribution in [3.05, 3.63) is 33.9 Å². The number of likely N-dealkylation sites (N-methyl/N-ethyl adjacent to an activating group) is 1. The lowest BCUT2D eigenvalue weighted by molar-refractivity contribution is -0.384. The van der Waals surface area contributed by atoms with E-state index in [1.54, 1.807) is 12.1 Å². The van der Waals surface area contributed by atoms with Gasteiger partial charge in [0.15, 0.2) is 0 Å². The molecule has 2 fully saturated rings. The molecule has 1 aliphatic heterocycles. The van der Waals surface area contributed by atoms with E-state index in [1.807, 2.05) is 11.8 Å². The highest BCUT2D eigenvalue weighted by Gasteiger charge is 2.41. The molecule has 164 valence electrons. The van der Waals surface area contributed by atoms with Gasteiger partial charge in [-0.2, -0.15) is 0 Å². The van der Waals surface area contributed by atoms with Gasteiger partial charge in [0.1, 0.15) is 11.2 Å². The zero-order valence-electron chi connectivity index (χ0n) is 17.9. The number of nitrogens with one attached hydrogen (secondary N) is 2. The van der Waals surface area contributed by atoms with E-state index in [2.05, 4.69) is 17.6 Å². The predicted molar refractivity (Wildman–Crippen MR) is 116 cm³/mol. The van der Waals surface area contributed by atoms with Gasteiger partial charge in [0.25, 0.3) is 11.6 Å². The van der Waals surface area contributed by atoms with Crippen LogP contribution in [0.5, 0.6) is 0 Å². The Kier molecular flexibility index (Phi) is 6.95. The molecule has 0 bridgehead atoms. The molecular formula is C22H32N4O4. The molecule has 3 rings (SSSR count). The standard InChI is InChI=1S/C22H32N4O4/c1-3-23-21(28)22(11-5-4-6-12-22)24-20(27)17-7-8-18(19(15-17)26(29)30)25-13-9-16(2)10-14-25/h7-8,15-16H,3-6,9-14H2,1-2H3,(H,23,28)(H,24,27). The van der Waals surface area contributed by atoms with Crippen LogP contribution in [0, 0.1) is 16.0 Å². The Morgan fingerprint density at radius 3 is 2.47 bits per heavy atom. The third kappa shape index (κ3) is 4.74. The lowest BCUT2D eigenvalue weighted by Crippen LogP contribution is -2.59. The van der Waals surface area contributed by atoms with Crippen molar-refractivity contribution in [3.8, 4) is 0 Å². The molecule has 2 N–H and O–H groups in total. The van der Waals surface area contributed by atoms with Crippen molar-refractivity contribution in [1.29, 1.82) is 0 Å². The molecule has 1 aromatic rings. The van der Waals surface area contributed by atoms with Crippen LogP contribution in [0.4, 0.5) is 11.4 Å². The van der Waals surface area contributed by atoms with Gasteiger partial charge < -0.3 is 15.5 Å². The van der Waals surface area contributed by atoms with Crippen LogP contribution in [0.25, 0.3) is 0 Å². The second kappa shape index (κ2) is 9.45. The molecule has 2 aliphatic rings. The largest absolute Gasteiger partial charge is 0.366 e. The number of amides is 2. The highest BCUT2D eigenvalue weighted by molar-refractivity contribution is 6.00. The molecule has 0 atom stereocenters. The summed E-state index contributed by atoms with van der Waals surface area (Å²) in [4.78, 5) is 39.0. The van der Waals surface area contributed by atoms with Crippen molar-refractivity contribution in [2.75, 3.05) is 24.5 Å². The van der Waals surface area contributed by atoms with E-state index < -0.39 is 16.4 Å². The van der Waals surface area contributed by atoms with Crippen molar-refractivity contribution in [2.45, 2.75) is 64.3 Å². The Hall–Kier alpha value is -2.64. The van der Waals surface area contributed by atoms with Crippen LogP contribution in [-0.4, -0.2) is 41.9 Å². The maximum Gasteiger partial charge on any atom is 0.293 e. The molecule has 0 spiro atoms. The number of nitrogens with zero attached hydrogens (tertiary/aromatic N) is 2. The van der Waals surface area contributed by atoms with Crippen LogP contribution in [0.3, 0.4) is 0 Å². The lowest BCUT2D eigenvalue weighted by atomic mass is 9.80. The number of carbonyl (C=O) groups excluding carboxylic acids is 2. The maximum atomic E-state index is 13.0. The van der Waals surface area contributed by atoms with Crippen molar-refractivity contribution < 1.29 is 14.5 Å². The average molecular weight is 417 g/mol. The monoisotopic (exact) mass is 416 g/mol. The molecule has 0 aromatic heterocycles. The minimum absolute atomic E-state index is 0.0621. The predicted octanol–water partition coefficient (Wildman–Crippen LogP) is 3.40. The number of rotatable bonds is 6. The maximum absolute atomic E-state index is 13.0. The van der Waals surface area contributed by atoms with E-state index >= 15 is 0 Å². The number of nitro groups is 1. The number of hydrogen-bond acceptors (Lipinski definition) is 5. The molecule has 0 unspecified atom stereocenters. The fourth-order valence-corrected chi connectivity index (χ4v) is 4.51. The third-order valence-electron chi connectivity index (χ3n) is 6.39. The van der Waals surface area contributed by atoms with Crippen LogP contribution in [0.15, 0.2) is 18.2 Å². The summed E-state index contributed by atoms with van der Waals surface area (Å²) in [7, 11) is 0. The minimum Gasteiger partial charge on any atom is -0.366 e. The quantitative estimate of drug-likeness (QED) is 0.546. The number of benzene rings is 1. The van der Waals surface area contributed by atoms with Gasteiger partial charge >= 0.3 is 0 Å². The van der Waals surface area contributed by atoms with Crippen LogP contribution in [0.1, 0.15) is 69.2 Å². The summed E-state index contributed by atoms with van der Waals surface area (Å²) >= 11 is 0. The second-order valence-electron chi connectivity index (χ2n) is 8.59. The Morgan fingerprint density at radius 1 is 1.20 bits per heavy atom. The van der Waals surface area contributed by atoms with Crippen LogP contribution < -0.4 is 15.5 Å². The lowest BCUT2D eigenvalue weighted by Gasteiger charge is -2.36. The zero-order chi connectivity index (χ0) is 21.7. The van der Waals surface area contributed by atoms with Gasteiger partial charge in [0.2, 0.25) is 5.91 Å². The van der Waals surface area contributed by atoms with Crippen LogP contribution in [0.2, 0.25) is 0 Å². The topological polar surface area (TPSA) is 105 Å². The highest BCUT2D eigenvalue weighted by atomic mass is 16.6. The Balaban J connectivity index is 1.83. The summed E-state index contributed by atoms with van der Waals surface area (Å²) in [5.41, 5.74) is -0.237. The van der Waals surface area contributed by atoms with Gasteiger partial charge in [-0.15, -0.1) is 0 Å². The summed E-state index contributed by atoms with van der Waals surface area (Å²) in [6.45, 7) is 6.07. The summed E-state index contributed by atoms with van der Waals surface area (Å²) in [6, 6.07) is 4.64. The zero-order valence-corrected chi connectivity index (χ0v) is 17.9. The van der Waals surface area contributed by atoms with Gasteiger partial charge in [-0.3, -0.25) is 19.7 Å². The summed E-state index contributed by atoms with van der Waals surface area (Å²) in [6.07, 6.45) is 5.91. The van der Waals surface area contributed by atoms with E-state index in [4.69, 9.17) is 0 Å². The van der Waals surface area contributed by atoms with Gasteiger partial charge in [-0.25, -0.2) is 0 Å². The highest BCUT2D eigenvalue weighted by Crippen LogP contribution is 2.33. The fraction of sp³-hybridized carbons (Fsp3) is 0.636. The molecule has 30 heavy (non-hydrogen) atoms. The number of carbonyl (C=O) groups is 2. The molecule has 1 aliphatic carbocycles. The minimum atomic E-state index is -0.943. The third-order valence-corrected chi connectivity index (χ3v) is 6.39. The molecule has 0 radical (unpaired) electrons. The first-order valence-electron chi connectivity index (χ1n) is 11.0. The Bertz CT molecular complexity index is 796.